The van der Waals surface area contributed by atoms with E-state index in [9.17, 15) is 9.59 Å². The molecule has 0 amide bonds. The maximum atomic E-state index is 13.6. The molecule has 3 bridgehead atoms. The molecule has 4 rings (SSSR count). The van der Waals surface area contributed by atoms with Gasteiger partial charge in [0.1, 0.15) is 6.10 Å². The summed E-state index contributed by atoms with van der Waals surface area (Å²) in [7, 11) is 0. The summed E-state index contributed by atoms with van der Waals surface area (Å²) in [5.74, 6) is 2.04. The minimum Gasteiger partial charge on any atom is -0.462 e. The Morgan fingerprint density at radius 3 is 2.21 bits per heavy atom. The van der Waals surface area contributed by atoms with Crippen molar-refractivity contribution >= 4 is 11.9 Å². The summed E-state index contributed by atoms with van der Waals surface area (Å²) < 4.78 is 5.53. The molecule has 5 nitrogen and oxygen atoms in total. The molecule has 4 atom stereocenters. The van der Waals surface area contributed by atoms with Crippen LogP contribution in [0.25, 0.3) is 0 Å². The Hall–Kier alpha value is -1.10. The van der Waals surface area contributed by atoms with Crippen molar-refractivity contribution in [1.82, 2.24) is 5.06 Å². The molecular formula is C23H37NO4. The van der Waals surface area contributed by atoms with Gasteiger partial charge in [0.05, 0.1) is 16.5 Å². The van der Waals surface area contributed by atoms with Crippen molar-refractivity contribution < 1.29 is 19.2 Å². The molecule has 4 unspecified atom stereocenters. The first-order valence-corrected chi connectivity index (χ1v) is 11.2. The highest BCUT2D eigenvalue weighted by molar-refractivity contribution is 5.77. The quantitative estimate of drug-likeness (QED) is 0.656. The van der Waals surface area contributed by atoms with E-state index in [0.717, 1.165) is 37.5 Å². The van der Waals surface area contributed by atoms with Gasteiger partial charge in [-0.25, -0.2) is 4.79 Å². The van der Waals surface area contributed by atoms with Crippen molar-refractivity contribution in [3.8, 4) is 0 Å². The summed E-state index contributed by atoms with van der Waals surface area (Å²) in [5.41, 5.74) is -1.04. The van der Waals surface area contributed by atoms with Crippen LogP contribution in [0.1, 0.15) is 92.4 Å². The summed E-state index contributed by atoms with van der Waals surface area (Å²) in [4.78, 5) is 31.3. The van der Waals surface area contributed by atoms with Crippen LogP contribution in [-0.4, -0.2) is 34.2 Å². The number of hydrogen-bond donors (Lipinski definition) is 0. The first kappa shape index (κ1) is 20.2. The number of esters is 1. The van der Waals surface area contributed by atoms with Gasteiger partial charge in [-0.1, -0.05) is 12.8 Å². The maximum Gasteiger partial charge on any atom is 0.331 e. The lowest BCUT2D eigenvalue weighted by Crippen LogP contribution is -2.63. The molecule has 3 saturated carbocycles. The SMILES string of the molecule is CC(=O)OC1CC(C)(C)N(OC(=O)C23CCCC4CC(CC4C2)C3)C(C)(C)C1. The highest BCUT2D eigenvalue weighted by Crippen LogP contribution is 2.59. The van der Waals surface area contributed by atoms with Gasteiger partial charge in [-0.15, -0.1) is 5.06 Å². The van der Waals surface area contributed by atoms with Gasteiger partial charge < -0.3 is 9.57 Å². The van der Waals surface area contributed by atoms with E-state index in [4.69, 9.17) is 9.57 Å². The first-order valence-electron chi connectivity index (χ1n) is 11.2. The molecule has 0 aromatic rings. The smallest absolute Gasteiger partial charge is 0.331 e. The van der Waals surface area contributed by atoms with Gasteiger partial charge in [-0.2, -0.15) is 0 Å². The van der Waals surface area contributed by atoms with Gasteiger partial charge in [0.15, 0.2) is 0 Å². The lowest BCUT2D eigenvalue weighted by atomic mass is 9.67. The molecular weight excluding hydrogens is 354 g/mol. The topological polar surface area (TPSA) is 55.8 Å². The van der Waals surface area contributed by atoms with E-state index < -0.39 is 0 Å². The van der Waals surface area contributed by atoms with Gasteiger partial charge in [-0.3, -0.25) is 4.79 Å². The lowest BCUT2D eigenvalue weighted by molar-refractivity contribution is -0.285. The maximum absolute atomic E-state index is 13.6. The molecule has 0 aromatic heterocycles. The number of nitrogens with zero attached hydrogens (tertiary/aromatic N) is 1. The molecule has 1 saturated heterocycles. The normalized spacial score (nSPS) is 39.4. The Bertz CT molecular complexity index is 639. The van der Waals surface area contributed by atoms with E-state index in [1.54, 1.807) is 0 Å². The minimum absolute atomic E-state index is 0.00293. The number of piperidine rings is 1. The molecule has 0 spiro atoms. The van der Waals surface area contributed by atoms with Crippen LogP contribution in [0.15, 0.2) is 0 Å². The molecule has 4 fully saturated rings. The first-order chi connectivity index (χ1) is 13.0. The van der Waals surface area contributed by atoms with Crippen LogP contribution in [0.2, 0.25) is 0 Å². The van der Waals surface area contributed by atoms with E-state index >= 15 is 0 Å². The van der Waals surface area contributed by atoms with E-state index in [0.29, 0.717) is 18.8 Å². The Balaban J connectivity index is 1.53. The number of hydrogen-bond acceptors (Lipinski definition) is 5. The van der Waals surface area contributed by atoms with Crippen molar-refractivity contribution in [2.24, 2.45) is 23.2 Å². The van der Waals surface area contributed by atoms with Crippen molar-refractivity contribution in [2.45, 2.75) is 110 Å². The Kier molecular flexibility index (Phi) is 4.84. The van der Waals surface area contributed by atoms with Gasteiger partial charge in [0.25, 0.3) is 0 Å². The molecule has 5 heteroatoms. The summed E-state index contributed by atoms with van der Waals surface area (Å²) in [5, 5.41) is 1.93. The highest BCUT2D eigenvalue weighted by Gasteiger charge is 2.56. The number of rotatable bonds is 3. The fraction of sp³-hybridized carbons (Fsp3) is 0.913. The molecule has 0 radical (unpaired) electrons. The van der Waals surface area contributed by atoms with E-state index in [2.05, 4.69) is 27.7 Å². The average molecular weight is 392 g/mol. The average Bonchev–Trinajstić information content (AvgIpc) is 2.75. The third kappa shape index (κ3) is 3.48. The Labute approximate surface area is 169 Å². The second-order valence-corrected chi connectivity index (χ2v) is 11.4. The van der Waals surface area contributed by atoms with Crippen LogP contribution < -0.4 is 0 Å². The standard InChI is InChI=1S/C23H37NO4/c1-15(25)27-19-13-21(2,3)24(22(4,5)14-19)28-20(26)23-8-6-7-17-9-16(11-23)10-18(17)12-23/h16-19H,6-14H2,1-5H3. The van der Waals surface area contributed by atoms with Crippen molar-refractivity contribution in [3.63, 3.8) is 0 Å². The molecule has 4 aliphatic rings. The molecule has 1 aliphatic heterocycles. The molecule has 3 aliphatic carbocycles. The zero-order valence-corrected chi connectivity index (χ0v) is 18.3. The largest absolute Gasteiger partial charge is 0.462 e. The number of hydroxylamine groups is 2. The summed E-state index contributed by atoms with van der Waals surface area (Å²) >= 11 is 0. The predicted molar refractivity (Wildman–Crippen MR) is 106 cm³/mol. The summed E-state index contributed by atoms with van der Waals surface area (Å²) in [6.45, 7) is 9.81. The van der Waals surface area contributed by atoms with Gasteiger partial charge in [-0.05, 0) is 77.6 Å². The van der Waals surface area contributed by atoms with Crippen molar-refractivity contribution in [1.29, 1.82) is 0 Å². The predicted octanol–water partition coefficient (Wildman–Crippen LogP) is 4.64. The fourth-order valence-electron chi connectivity index (χ4n) is 7.34. The third-order valence-electron chi connectivity index (χ3n) is 8.00. The molecule has 0 N–H and O–H groups in total. The molecule has 0 aromatic carbocycles. The number of carbonyl (C=O) groups excluding carboxylic acids is 2. The number of carbonyl (C=O) groups is 2. The minimum atomic E-state index is -0.380. The van der Waals surface area contributed by atoms with Crippen LogP contribution in [0.3, 0.4) is 0 Å². The zero-order valence-electron chi connectivity index (χ0n) is 18.3. The number of fused-ring (bicyclic) bond motifs is 2. The highest BCUT2D eigenvalue weighted by atomic mass is 16.7. The Morgan fingerprint density at radius 2 is 1.57 bits per heavy atom. The fourth-order valence-corrected chi connectivity index (χ4v) is 7.34. The van der Waals surface area contributed by atoms with Crippen LogP contribution in [0.5, 0.6) is 0 Å². The molecule has 158 valence electrons. The van der Waals surface area contributed by atoms with E-state index in [1.165, 1.54) is 26.2 Å². The third-order valence-corrected chi connectivity index (χ3v) is 8.00. The summed E-state index contributed by atoms with van der Waals surface area (Å²) in [6.07, 6.45) is 9.33. The van der Waals surface area contributed by atoms with Gasteiger partial charge in [0.2, 0.25) is 0 Å². The van der Waals surface area contributed by atoms with Crippen LogP contribution >= 0.6 is 0 Å². The summed E-state index contributed by atoms with van der Waals surface area (Å²) in [6, 6.07) is 0. The Morgan fingerprint density at radius 1 is 0.929 bits per heavy atom. The monoisotopic (exact) mass is 391 g/mol. The van der Waals surface area contributed by atoms with E-state index in [1.807, 2.05) is 5.06 Å². The van der Waals surface area contributed by atoms with Crippen molar-refractivity contribution in [2.75, 3.05) is 0 Å². The van der Waals surface area contributed by atoms with Crippen LogP contribution in [0.4, 0.5) is 0 Å². The van der Waals surface area contributed by atoms with Crippen LogP contribution in [-0.2, 0) is 19.2 Å². The second-order valence-electron chi connectivity index (χ2n) is 11.4. The van der Waals surface area contributed by atoms with Gasteiger partial charge in [0, 0.05) is 19.8 Å². The second kappa shape index (κ2) is 6.72. The van der Waals surface area contributed by atoms with Crippen molar-refractivity contribution in [3.05, 3.63) is 0 Å². The lowest BCUT2D eigenvalue weighted by Gasteiger charge is -2.53. The molecule has 28 heavy (non-hydrogen) atoms. The number of ether oxygens (including phenoxy) is 1. The van der Waals surface area contributed by atoms with Gasteiger partial charge >= 0.3 is 11.9 Å². The van der Waals surface area contributed by atoms with Crippen LogP contribution in [0, 0.1) is 23.2 Å². The van der Waals surface area contributed by atoms with E-state index in [-0.39, 0.29) is 34.5 Å². The molecule has 1 heterocycles. The zero-order chi connectivity index (χ0) is 20.3.